The van der Waals surface area contributed by atoms with Gasteiger partial charge in [-0.25, -0.2) is 4.79 Å². The smallest absolute Gasteiger partial charge is 0.329 e. The molecule has 0 bridgehead atoms. The number of aromatic nitrogens is 2. The van der Waals surface area contributed by atoms with E-state index in [9.17, 15) is 19.5 Å². The quantitative estimate of drug-likeness (QED) is 0.858. The van der Waals surface area contributed by atoms with Crippen molar-refractivity contribution in [3.8, 4) is 0 Å². The molecular weight excluding hydrogens is 322 g/mol. The maximum Gasteiger partial charge on any atom is 0.329 e. The standard InChI is InChI=1S/C18H23N3O4/c1-20-13-7-3-4-8-14(13)21(17(20)25)11-15(22)19-12-18(16(23)24)9-5-2-6-10-18/h3-4,7-8H,2,5-6,9-12H2,1H3,(H,19,22)(H,23,24). The molecule has 3 rings (SSSR count). The number of hydrogen-bond acceptors (Lipinski definition) is 3. The predicted molar refractivity (Wildman–Crippen MR) is 93.3 cm³/mol. The second kappa shape index (κ2) is 6.74. The number of hydrogen-bond donors (Lipinski definition) is 2. The number of imidazole rings is 1. The third-order valence-electron chi connectivity index (χ3n) is 5.24. The van der Waals surface area contributed by atoms with Crippen molar-refractivity contribution in [1.29, 1.82) is 0 Å². The number of nitrogens with one attached hydrogen (secondary N) is 1. The van der Waals surface area contributed by atoms with Gasteiger partial charge in [-0.3, -0.25) is 18.7 Å². The van der Waals surface area contributed by atoms with Crippen LogP contribution < -0.4 is 11.0 Å². The van der Waals surface area contributed by atoms with Crippen LogP contribution in [0.4, 0.5) is 0 Å². The van der Waals surface area contributed by atoms with E-state index in [0.29, 0.717) is 18.4 Å². The molecule has 1 fully saturated rings. The Hall–Kier alpha value is -2.57. The Bertz CT molecular complexity index is 859. The SMILES string of the molecule is Cn1c(=O)n(CC(=O)NCC2(C(=O)O)CCCCC2)c2ccccc21. The number of fused-ring (bicyclic) bond motifs is 1. The highest BCUT2D eigenvalue weighted by Crippen LogP contribution is 2.36. The maximum atomic E-state index is 12.4. The van der Waals surface area contributed by atoms with Crippen molar-refractivity contribution >= 4 is 22.9 Å². The second-order valence-electron chi connectivity index (χ2n) is 6.84. The summed E-state index contributed by atoms with van der Waals surface area (Å²) in [6.07, 6.45) is 3.93. The Morgan fingerprint density at radius 2 is 1.80 bits per heavy atom. The molecule has 0 aliphatic heterocycles. The molecule has 7 nitrogen and oxygen atoms in total. The van der Waals surface area contributed by atoms with E-state index in [0.717, 1.165) is 24.8 Å². The van der Waals surface area contributed by atoms with Gasteiger partial charge in [-0.1, -0.05) is 31.4 Å². The molecule has 0 spiro atoms. The van der Waals surface area contributed by atoms with Gasteiger partial charge in [0, 0.05) is 13.6 Å². The van der Waals surface area contributed by atoms with Crippen molar-refractivity contribution in [2.45, 2.75) is 38.6 Å². The fraction of sp³-hybridized carbons (Fsp3) is 0.500. The summed E-state index contributed by atoms with van der Waals surface area (Å²) < 4.78 is 2.92. The molecule has 1 amide bonds. The van der Waals surface area contributed by atoms with Crippen LogP contribution in [0.5, 0.6) is 0 Å². The van der Waals surface area contributed by atoms with Crippen LogP contribution in [0, 0.1) is 5.41 Å². The molecule has 1 aromatic heterocycles. The first kappa shape index (κ1) is 17.3. The average Bonchev–Trinajstić information content (AvgIpc) is 2.86. The lowest BCUT2D eigenvalue weighted by Crippen LogP contribution is -2.45. The van der Waals surface area contributed by atoms with Crippen LogP contribution in [-0.2, 0) is 23.2 Å². The van der Waals surface area contributed by atoms with Crippen LogP contribution in [0.3, 0.4) is 0 Å². The van der Waals surface area contributed by atoms with E-state index in [1.165, 1.54) is 9.13 Å². The van der Waals surface area contributed by atoms with Crippen molar-refractivity contribution in [3.05, 3.63) is 34.7 Å². The van der Waals surface area contributed by atoms with E-state index in [1.54, 1.807) is 13.1 Å². The fourth-order valence-corrected chi connectivity index (χ4v) is 3.68. The maximum absolute atomic E-state index is 12.4. The zero-order chi connectivity index (χ0) is 18.0. The fourth-order valence-electron chi connectivity index (χ4n) is 3.68. The number of carbonyl (C=O) groups excluding carboxylic acids is 1. The summed E-state index contributed by atoms with van der Waals surface area (Å²) in [6, 6.07) is 7.28. The van der Waals surface area contributed by atoms with Gasteiger partial charge in [0.2, 0.25) is 5.91 Å². The summed E-state index contributed by atoms with van der Waals surface area (Å²) in [4.78, 5) is 36.4. The number of nitrogens with zero attached hydrogens (tertiary/aromatic N) is 2. The highest BCUT2D eigenvalue weighted by atomic mass is 16.4. The molecule has 1 heterocycles. The van der Waals surface area contributed by atoms with Gasteiger partial charge in [0.15, 0.2) is 0 Å². The molecule has 134 valence electrons. The minimum atomic E-state index is -0.877. The number of aryl methyl sites for hydroxylation is 1. The molecule has 0 saturated heterocycles. The van der Waals surface area contributed by atoms with Gasteiger partial charge in [0.25, 0.3) is 0 Å². The molecule has 1 saturated carbocycles. The Kier molecular flexibility index (Phi) is 4.65. The van der Waals surface area contributed by atoms with Crippen molar-refractivity contribution in [2.75, 3.05) is 6.54 Å². The van der Waals surface area contributed by atoms with Gasteiger partial charge in [-0.05, 0) is 25.0 Å². The van der Waals surface area contributed by atoms with Crippen LogP contribution in [-0.4, -0.2) is 32.7 Å². The van der Waals surface area contributed by atoms with Gasteiger partial charge in [-0.15, -0.1) is 0 Å². The molecule has 1 aromatic carbocycles. The molecule has 0 radical (unpaired) electrons. The van der Waals surface area contributed by atoms with E-state index < -0.39 is 11.4 Å². The van der Waals surface area contributed by atoms with Crippen LogP contribution >= 0.6 is 0 Å². The number of aliphatic carboxylic acids is 1. The highest BCUT2D eigenvalue weighted by molar-refractivity contribution is 5.82. The third-order valence-corrected chi connectivity index (χ3v) is 5.24. The van der Waals surface area contributed by atoms with Gasteiger partial charge in [0.05, 0.1) is 16.4 Å². The predicted octanol–water partition coefficient (Wildman–Crippen LogP) is 1.49. The van der Waals surface area contributed by atoms with Crippen LogP contribution in [0.25, 0.3) is 11.0 Å². The van der Waals surface area contributed by atoms with Gasteiger partial charge in [-0.2, -0.15) is 0 Å². The lowest BCUT2D eigenvalue weighted by atomic mass is 9.74. The third kappa shape index (κ3) is 3.18. The van der Waals surface area contributed by atoms with Crippen molar-refractivity contribution in [3.63, 3.8) is 0 Å². The Morgan fingerprint density at radius 1 is 1.16 bits per heavy atom. The zero-order valence-corrected chi connectivity index (χ0v) is 14.3. The average molecular weight is 345 g/mol. The highest BCUT2D eigenvalue weighted by Gasteiger charge is 2.39. The van der Waals surface area contributed by atoms with Crippen molar-refractivity contribution in [1.82, 2.24) is 14.5 Å². The number of carbonyl (C=O) groups is 2. The first-order valence-corrected chi connectivity index (χ1v) is 8.59. The summed E-state index contributed by atoms with van der Waals surface area (Å²) in [5.41, 5.74) is 0.310. The zero-order valence-electron chi connectivity index (χ0n) is 14.3. The molecule has 25 heavy (non-hydrogen) atoms. The molecular formula is C18H23N3O4. The number of rotatable bonds is 5. The van der Waals surface area contributed by atoms with E-state index in [1.807, 2.05) is 18.2 Å². The number of carboxylic acids is 1. The molecule has 1 aliphatic rings. The first-order valence-electron chi connectivity index (χ1n) is 8.59. The second-order valence-corrected chi connectivity index (χ2v) is 6.84. The lowest BCUT2D eigenvalue weighted by Gasteiger charge is -2.33. The van der Waals surface area contributed by atoms with Gasteiger partial charge < -0.3 is 10.4 Å². The summed E-state index contributed by atoms with van der Waals surface area (Å²) in [7, 11) is 1.67. The van der Waals surface area contributed by atoms with Gasteiger partial charge in [0.1, 0.15) is 6.54 Å². The molecule has 2 N–H and O–H groups in total. The summed E-state index contributed by atoms with van der Waals surface area (Å²) in [5, 5.41) is 12.3. The minimum absolute atomic E-state index is 0.112. The van der Waals surface area contributed by atoms with E-state index in [-0.39, 0.29) is 24.7 Å². The number of carboxylic acid groups (broad SMARTS) is 1. The Morgan fingerprint density at radius 3 is 2.44 bits per heavy atom. The topological polar surface area (TPSA) is 93.3 Å². The largest absolute Gasteiger partial charge is 0.481 e. The minimum Gasteiger partial charge on any atom is -0.481 e. The molecule has 0 atom stereocenters. The van der Waals surface area contributed by atoms with Gasteiger partial charge >= 0.3 is 11.7 Å². The molecule has 1 aliphatic carbocycles. The Balaban J connectivity index is 1.74. The molecule has 2 aromatic rings. The van der Waals surface area contributed by atoms with E-state index >= 15 is 0 Å². The van der Waals surface area contributed by atoms with Crippen LogP contribution in [0.1, 0.15) is 32.1 Å². The van der Waals surface area contributed by atoms with E-state index in [4.69, 9.17) is 0 Å². The van der Waals surface area contributed by atoms with E-state index in [2.05, 4.69) is 5.32 Å². The summed E-state index contributed by atoms with van der Waals surface area (Å²) in [6.45, 7) is -0.00340. The van der Waals surface area contributed by atoms with Crippen LogP contribution in [0.2, 0.25) is 0 Å². The first-order chi connectivity index (χ1) is 11.9. The summed E-state index contributed by atoms with van der Waals surface area (Å²) in [5.74, 6) is -1.19. The molecule has 7 heteroatoms. The number of para-hydroxylation sites is 2. The monoisotopic (exact) mass is 345 g/mol. The summed E-state index contributed by atoms with van der Waals surface area (Å²) >= 11 is 0. The molecule has 0 unspecified atom stereocenters. The Labute approximate surface area is 145 Å². The van der Waals surface area contributed by atoms with Crippen molar-refractivity contribution in [2.24, 2.45) is 12.5 Å². The number of amides is 1. The normalized spacial score (nSPS) is 16.7. The number of benzene rings is 1. The van der Waals surface area contributed by atoms with Crippen molar-refractivity contribution < 1.29 is 14.7 Å². The lowest BCUT2D eigenvalue weighted by molar-refractivity contribution is -0.151. The van der Waals surface area contributed by atoms with Crippen LogP contribution in [0.15, 0.2) is 29.1 Å².